The first-order valence-corrected chi connectivity index (χ1v) is 6.49. The number of anilines is 1. The summed E-state index contributed by atoms with van der Waals surface area (Å²) in [6, 6.07) is 10.6. The Morgan fingerprint density at radius 2 is 2.05 bits per heavy atom. The molecule has 3 heteroatoms. The van der Waals surface area contributed by atoms with Gasteiger partial charge in [0, 0.05) is 12.2 Å². The van der Waals surface area contributed by atoms with Crippen molar-refractivity contribution in [2.45, 2.75) is 20.3 Å². The Balaban J connectivity index is 1.97. The topological polar surface area (TPSA) is 34.1 Å². The monoisotopic (exact) mass is 256 g/mol. The molecule has 0 amide bonds. The van der Waals surface area contributed by atoms with E-state index in [0.29, 0.717) is 0 Å². The predicted molar refractivity (Wildman–Crippen MR) is 78.9 cm³/mol. The minimum absolute atomic E-state index is 0.787. The molecule has 3 nitrogen and oxygen atoms in total. The molecule has 0 saturated carbocycles. The lowest BCUT2D eigenvalue weighted by Crippen LogP contribution is -2.06. The van der Waals surface area contributed by atoms with Crippen LogP contribution in [0.4, 0.5) is 5.69 Å². The van der Waals surface area contributed by atoms with Gasteiger partial charge in [-0.15, -0.1) is 0 Å². The smallest absolute Gasteiger partial charge is 0.160 e. The van der Waals surface area contributed by atoms with Crippen molar-refractivity contribution in [2.24, 2.45) is 0 Å². The summed E-state index contributed by atoms with van der Waals surface area (Å²) in [4.78, 5) is 4.22. The highest BCUT2D eigenvalue weighted by molar-refractivity contribution is 5.55. The minimum atomic E-state index is 0.787. The minimum Gasteiger partial charge on any atom is -0.493 e. The molecule has 0 radical (unpaired) electrons. The molecule has 0 atom stereocenters. The van der Waals surface area contributed by atoms with Crippen LogP contribution in [0.25, 0.3) is 0 Å². The number of nitrogens with zero attached hydrogens (tertiary/aromatic N) is 1. The molecule has 0 aliphatic heterocycles. The number of hydrogen-bond donors (Lipinski definition) is 1. The second kappa shape index (κ2) is 6.23. The third-order valence-electron chi connectivity index (χ3n) is 3.04. The second-order valence-electron chi connectivity index (χ2n) is 4.69. The summed E-state index contributed by atoms with van der Waals surface area (Å²) in [6.07, 6.45) is 2.75. The van der Waals surface area contributed by atoms with E-state index in [-0.39, 0.29) is 0 Å². The van der Waals surface area contributed by atoms with E-state index >= 15 is 0 Å². The zero-order valence-electron chi connectivity index (χ0n) is 11.7. The number of aryl methyl sites for hydroxylation is 2. The Kier molecular flexibility index (Phi) is 4.39. The average molecular weight is 256 g/mol. The molecule has 1 aromatic heterocycles. The Hall–Kier alpha value is -2.03. The quantitative estimate of drug-likeness (QED) is 0.890. The summed E-state index contributed by atoms with van der Waals surface area (Å²) >= 11 is 0. The van der Waals surface area contributed by atoms with Crippen molar-refractivity contribution in [3.8, 4) is 5.75 Å². The molecular formula is C16H20N2O. The van der Waals surface area contributed by atoms with Gasteiger partial charge in [-0.3, -0.25) is 4.98 Å². The van der Waals surface area contributed by atoms with Crippen molar-refractivity contribution < 1.29 is 4.74 Å². The van der Waals surface area contributed by atoms with Gasteiger partial charge >= 0.3 is 0 Å². The number of rotatable bonds is 5. The lowest BCUT2D eigenvalue weighted by atomic mass is 10.1. The summed E-state index contributed by atoms with van der Waals surface area (Å²) in [5.41, 5.74) is 4.63. The SMILES string of the molecule is COc1cnc(C)cc1NCCc1cccc(C)c1. The van der Waals surface area contributed by atoms with Crippen LogP contribution in [-0.4, -0.2) is 18.6 Å². The number of methoxy groups -OCH3 is 1. The van der Waals surface area contributed by atoms with Crippen LogP contribution in [0.1, 0.15) is 16.8 Å². The van der Waals surface area contributed by atoms with Crippen LogP contribution in [0.2, 0.25) is 0 Å². The zero-order chi connectivity index (χ0) is 13.7. The van der Waals surface area contributed by atoms with Crippen molar-refractivity contribution in [2.75, 3.05) is 19.0 Å². The number of hydrogen-bond acceptors (Lipinski definition) is 3. The van der Waals surface area contributed by atoms with Crippen LogP contribution in [0, 0.1) is 13.8 Å². The largest absolute Gasteiger partial charge is 0.493 e. The Labute approximate surface area is 114 Å². The van der Waals surface area contributed by atoms with Crippen molar-refractivity contribution in [3.63, 3.8) is 0 Å². The number of ether oxygens (including phenoxy) is 1. The molecule has 0 spiro atoms. The van der Waals surface area contributed by atoms with Gasteiger partial charge in [-0.1, -0.05) is 29.8 Å². The molecule has 0 aliphatic rings. The summed E-state index contributed by atoms with van der Waals surface area (Å²) < 4.78 is 5.30. The fourth-order valence-corrected chi connectivity index (χ4v) is 2.06. The first kappa shape index (κ1) is 13.4. The molecule has 1 heterocycles. The normalized spacial score (nSPS) is 10.3. The van der Waals surface area contributed by atoms with E-state index in [0.717, 1.165) is 30.1 Å². The Morgan fingerprint density at radius 1 is 1.21 bits per heavy atom. The van der Waals surface area contributed by atoms with Crippen LogP contribution >= 0.6 is 0 Å². The predicted octanol–water partition coefficient (Wildman–Crippen LogP) is 3.36. The van der Waals surface area contributed by atoms with Gasteiger partial charge in [0.1, 0.15) is 0 Å². The van der Waals surface area contributed by atoms with Gasteiger partial charge in [0.15, 0.2) is 5.75 Å². The van der Waals surface area contributed by atoms with Gasteiger partial charge in [0.2, 0.25) is 0 Å². The van der Waals surface area contributed by atoms with E-state index in [1.165, 1.54) is 11.1 Å². The molecule has 2 rings (SSSR count). The maximum Gasteiger partial charge on any atom is 0.160 e. The fourth-order valence-electron chi connectivity index (χ4n) is 2.06. The average Bonchev–Trinajstić information content (AvgIpc) is 2.39. The highest BCUT2D eigenvalue weighted by atomic mass is 16.5. The summed E-state index contributed by atoms with van der Waals surface area (Å²) in [7, 11) is 1.66. The molecule has 19 heavy (non-hydrogen) atoms. The molecule has 0 bridgehead atoms. The standard InChI is InChI=1S/C16H20N2O/c1-12-5-4-6-14(9-12)7-8-17-15-10-13(2)18-11-16(15)19-3/h4-6,9-11H,7-8H2,1-3H3,(H,17,18). The number of pyridine rings is 1. The Morgan fingerprint density at radius 3 is 2.79 bits per heavy atom. The highest BCUT2D eigenvalue weighted by Crippen LogP contribution is 2.23. The van der Waals surface area contributed by atoms with Crippen molar-refractivity contribution in [3.05, 3.63) is 53.3 Å². The molecule has 0 unspecified atom stereocenters. The van der Waals surface area contributed by atoms with Crippen molar-refractivity contribution in [1.82, 2.24) is 4.98 Å². The maximum absolute atomic E-state index is 5.30. The third kappa shape index (κ3) is 3.71. The summed E-state index contributed by atoms with van der Waals surface area (Å²) in [5.74, 6) is 0.787. The maximum atomic E-state index is 5.30. The molecule has 0 aliphatic carbocycles. The number of aromatic nitrogens is 1. The van der Waals surface area contributed by atoms with E-state index in [4.69, 9.17) is 4.74 Å². The van der Waals surface area contributed by atoms with Crippen LogP contribution in [-0.2, 0) is 6.42 Å². The second-order valence-corrected chi connectivity index (χ2v) is 4.69. The van der Waals surface area contributed by atoms with Crippen molar-refractivity contribution in [1.29, 1.82) is 0 Å². The Bertz CT molecular complexity index is 552. The van der Waals surface area contributed by atoms with Gasteiger partial charge in [0.05, 0.1) is 19.0 Å². The first-order chi connectivity index (χ1) is 9.19. The van der Waals surface area contributed by atoms with Gasteiger partial charge in [-0.05, 0) is 31.9 Å². The summed E-state index contributed by atoms with van der Waals surface area (Å²) in [6.45, 7) is 4.97. The molecule has 0 saturated heterocycles. The summed E-state index contributed by atoms with van der Waals surface area (Å²) in [5, 5.41) is 3.41. The van der Waals surface area contributed by atoms with Crippen LogP contribution in [0.15, 0.2) is 36.5 Å². The van der Waals surface area contributed by atoms with Gasteiger partial charge in [0.25, 0.3) is 0 Å². The van der Waals surface area contributed by atoms with Crippen LogP contribution < -0.4 is 10.1 Å². The van der Waals surface area contributed by atoms with Gasteiger partial charge < -0.3 is 10.1 Å². The van der Waals surface area contributed by atoms with E-state index < -0.39 is 0 Å². The first-order valence-electron chi connectivity index (χ1n) is 6.49. The molecule has 1 N–H and O–H groups in total. The van der Waals surface area contributed by atoms with Crippen molar-refractivity contribution >= 4 is 5.69 Å². The van der Waals surface area contributed by atoms with Crippen LogP contribution in [0.5, 0.6) is 5.75 Å². The zero-order valence-corrected chi connectivity index (χ0v) is 11.7. The van der Waals surface area contributed by atoms with E-state index in [9.17, 15) is 0 Å². The van der Waals surface area contributed by atoms with Gasteiger partial charge in [-0.25, -0.2) is 0 Å². The van der Waals surface area contributed by atoms with Gasteiger partial charge in [-0.2, -0.15) is 0 Å². The fraction of sp³-hybridized carbons (Fsp3) is 0.312. The lowest BCUT2D eigenvalue weighted by molar-refractivity contribution is 0.414. The molecule has 0 fully saturated rings. The van der Waals surface area contributed by atoms with Crippen LogP contribution in [0.3, 0.4) is 0 Å². The molecule has 100 valence electrons. The number of nitrogens with one attached hydrogen (secondary N) is 1. The van der Waals surface area contributed by atoms with E-state index in [1.54, 1.807) is 13.3 Å². The molecule has 1 aromatic carbocycles. The third-order valence-corrected chi connectivity index (χ3v) is 3.04. The molecule has 2 aromatic rings. The lowest BCUT2D eigenvalue weighted by Gasteiger charge is -2.11. The molecular weight excluding hydrogens is 236 g/mol. The van der Waals surface area contributed by atoms with E-state index in [1.807, 2.05) is 13.0 Å². The van der Waals surface area contributed by atoms with E-state index in [2.05, 4.69) is 41.5 Å². The number of benzene rings is 1. The highest BCUT2D eigenvalue weighted by Gasteiger charge is 2.03.